The van der Waals surface area contributed by atoms with Gasteiger partial charge in [-0.15, -0.1) is 11.3 Å². The predicted octanol–water partition coefficient (Wildman–Crippen LogP) is 2.43. The SMILES string of the molecule is O=C(CN1CCN(Cc2nc3ccccc3s2)CC1)N1CCCCC1. The average molecular weight is 359 g/mol. The summed E-state index contributed by atoms with van der Waals surface area (Å²) in [6, 6.07) is 8.34. The number of piperazine rings is 1. The summed E-state index contributed by atoms with van der Waals surface area (Å²) in [7, 11) is 0. The van der Waals surface area contributed by atoms with Crippen LogP contribution in [0, 0.1) is 0 Å². The number of hydrogen-bond donors (Lipinski definition) is 0. The topological polar surface area (TPSA) is 39.7 Å². The lowest BCUT2D eigenvalue weighted by Gasteiger charge is -2.35. The summed E-state index contributed by atoms with van der Waals surface area (Å²) in [4.78, 5) is 24.0. The summed E-state index contributed by atoms with van der Waals surface area (Å²) >= 11 is 1.79. The van der Waals surface area contributed by atoms with E-state index in [0.717, 1.165) is 51.3 Å². The highest BCUT2D eigenvalue weighted by Gasteiger charge is 2.23. The van der Waals surface area contributed by atoms with Crippen LogP contribution in [0.5, 0.6) is 0 Å². The zero-order chi connectivity index (χ0) is 17.1. The Morgan fingerprint density at radius 1 is 0.960 bits per heavy atom. The van der Waals surface area contributed by atoms with Gasteiger partial charge in [0.1, 0.15) is 5.01 Å². The number of carbonyl (C=O) groups excluding carboxylic acids is 1. The first kappa shape index (κ1) is 16.9. The van der Waals surface area contributed by atoms with Crippen LogP contribution in [0.3, 0.4) is 0 Å². The van der Waals surface area contributed by atoms with Crippen molar-refractivity contribution in [3.63, 3.8) is 0 Å². The van der Waals surface area contributed by atoms with Crippen molar-refractivity contribution in [3.05, 3.63) is 29.3 Å². The summed E-state index contributed by atoms with van der Waals surface area (Å²) in [5.74, 6) is 0.319. The number of thiazole rings is 1. The minimum atomic E-state index is 0.319. The van der Waals surface area contributed by atoms with Crippen molar-refractivity contribution in [1.82, 2.24) is 19.7 Å². The number of likely N-dealkylation sites (tertiary alicyclic amines) is 1. The third-order valence-electron chi connectivity index (χ3n) is 5.23. The van der Waals surface area contributed by atoms with Crippen LogP contribution in [0.4, 0.5) is 0 Å². The van der Waals surface area contributed by atoms with Gasteiger partial charge < -0.3 is 4.90 Å². The van der Waals surface area contributed by atoms with Crippen LogP contribution < -0.4 is 0 Å². The van der Waals surface area contributed by atoms with Crippen molar-refractivity contribution in [2.24, 2.45) is 0 Å². The zero-order valence-corrected chi connectivity index (χ0v) is 15.5. The van der Waals surface area contributed by atoms with Gasteiger partial charge in [0, 0.05) is 39.3 Å². The first-order valence-corrected chi connectivity index (χ1v) is 10.2. The maximum Gasteiger partial charge on any atom is 0.236 e. The number of carbonyl (C=O) groups is 1. The van der Waals surface area contributed by atoms with E-state index < -0.39 is 0 Å². The molecule has 4 rings (SSSR count). The Morgan fingerprint density at radius 3 is 2.44 bits per heavy atom. The number of fused-ring (bicyclic) bond motifs is 1. The molecular formula is C19H26N4OS. The summed E-state index contributed by atoms with van der Waals surface area (Å²) in [5, 5.41) is 1.19. The molecule has 0 unspecified atom stereocenters. The van der Waals surface area contributed by atoms with Crippen molar-refractivity contribution in [3.8, 4) is 0 Å². The third-order valence-corrected chi connectivity index (χ3v) is 6.25. The maximum atomic E-state index is 12.4. The molecule has 134 valence electrons. The van der Waals surface area contributed by atoms with Crippen LogP contribution in [0.2, 0.25) is 0 Å². The van der Waals surface area contributed by atoms with Gasteiger partial charge in [-0.2, -0.15) is 0 Å². The van der Waals surface area contributed by atoms with Gasteiger partial charge in [-0.05, 0) is 31.4 Å². The molecule has 1 amide bonds. The summed E-state index contributed by atoms with van der Waals surface area (Å²) in [6.45, 7) is 7.41. The Balaban J connectivity index is 1.25. The summed E-state index contributed by atoms with van der Waals surface area (Å²) < 4.78 is 1.27. The Hall–Kier alpha value is -1.50. The normalized spacial score (nSPS) is 20.2. The molecule has 0 atom stereocenters. The van der Waals surface area contributed by atoms with Crippen molar-refractivity contribution in [2.45, 2.75) is 25.8 Å². The summed E-state index contributed by atoms with van der Waals surface area (Å²) in [6.07, 6.45) is 3.61. The van der Waals surface area contributed by atoms with Gasteiger partial charge in [0.15, 0.2) is 0 Å². The molecule has 0 saturated carbocycles. The lowest BCUT2D eigenvalue weighted by molar-refractivity contribution is -0.133. The number of aromatic nitrogens is 1. The quantitative estimate of drug-likeness (QED) is 0.842. The fraction of sp³-hybridized carbons (Fsp3) is 0.579. The number of benzene rings is 1. The number of para-hydroxylation sites is 1. The summed E-state index contributed by atoms with van der Waals surface area (Å²) in [5.41, 5.74) is 1.10. The molecule has 2 aliphatic heterocycles. The van der Waals surface area contributed by atoms with E-state index in [4.69, 9.17) is 4.98 Å². The molecule has 1 aromatic heterocycles. The Kier molecular flexibility index (Phi) is 5.29. The standard InChI is InChI=1S/C19H26N4OS/c24-19(23-8-4-1-5-9-23)15-22-12-10-21(11-13-22)14-18-20-16-6-2-3-7-17(16)25-18/h2-3,6-7H,1,4-5,8-15H2. The highest BCUT2D eigenvalue weighted by atomic mass is 32.1. The molecule has 0 spiro atoms. The molecule has 0 aliphatic carbocycles. The van der Waals surface area contributed by atoms with Crippen LogP contribution in [0.25, 0.3) is 10.2 Å². The molecule has 0 radical (unpaired) electrons. The third kappa shape index (κ3) is 4.19. The van der Waals surface area contributed by atoms with Crippen molar-refractivity contribution < 1.29 is 4.79 Å². The Labute approximate surface area is 153 Å². The van der Waals surface area contributed by atoms with Gasteiger partial charge in [-0.1, -0.05) is 12.1 Å². The molecule has 2 fully saturated rings. The van der Waals surface area contributed by atoms with Gasteiger partial charge >= 0.3 is 0 Å². The number of rotatable bonds is 4. The van der Waals surface area contributed by atoms with E-state index in [1.54, 1.807) is 11.3 Å². The Morgan fingerprint density at radius 2 is 1.68 bits per heavy atom. The average Bonchev–Trinajstić information content (AvgIpc) is 3.06. The lowest BCUT2D eigenvalue weighted by atomic mass is 10.1. The molecule has 1 aromatic carbocycles. The molecule has 3 heterocycles. The van der Waals surface area contributed by atoms with Crippen molar-refractivity contribution >= 4 is 27.5 Å². The van der Waals surface area contributed by atoms with E-state index in [1.807, 2.05) is 6.07 Å². The molecule has 0 bridgehead atoms. The fourth-order valence-electron chi connectivity index (χ4n) is 3.72. The molecule has 2 aliphatic rings. The minimum absolute atomic E-state index is 0.319. The number of nitrogens with zero attached hydrogens (tertiary/aromatic N) is 4. The van der Waals surface area contributed by atoms with Gasteiger partial charge in [0.25, 0.3) is 0 Å². The zero-order valence-electron chi connectivity index (χ0n) is 14.7. The van der Waals surface area contributed by atoms with Gasteiger partial charge in [0.05, 0.1) is 23.3 Å². The molecule has 6 heteroatoms. The van der Waals surface area contributed by atoms with Crippen LogP contribution in [-0.2, 0) is 11.3 Å². The molecule has 25 heavy (non-hydrogen) atoms. The smallest absolute Gasteiger partial charge is 0.236 e. The second-order valence-electron chi connectivity index (χ2n) is 7.07. The largest absolute Gasteiger partial charge is 0.342 e. The highest BCUT2D eigenvalue weighted by molar-refractivity contribution is 7.18. The van der Waals surface area contributed by atoms with Crippen molar-refractivity contribution in [2.75, 3.05) is 45.8 Å². The monoisotopic (exact) mass is 358 g/mol. The van der Waals surface area contributed by atoms with E-state index in [9.17, 15) is 4.79 Å². The van der Waals surface area contributed by atoms with E-state index >= 15 is 0 Å². The number of hydrogen-bond acceptors (Lipinski definition) is 5. The molecule has 2 saturated heterocycles. The van der Waals surface area contributed by atoms with Crippen LogP contribution in [0.15, 0.2) is 24.3 Å². The van der Waals surface area contributed by atoms with E-state index in [0.29, 0.717) is 12.5 Å². The van der Waals surface area contributed by atoms with E-state index in [2.05, 4.69) is 32.9 Å². The molecule has 0 N–H and O–H groups in total. The van der Waals surface area contributed by atoms with Gasteiger partial charge in [0.2, 0.25) is 5.91 Å². The second-order valence-corrected chi connectivity index (χ2v) is 8.18. The Bertz CT molecular complexity index is 684. The highest BCUT2D eigenvalue weighted by Crippen LogP contribution is 2.23. The minimum Gasteiger partial charge on any atom is -0.342 e. The van der Waals surface area contributed by atoms with E-state index in [-0.39, 0.29) is 0 Å². The molecule has 2 aromatic rings. The van der Waals surface area contributed by atoms with Crippen molar-refractivity contribution in [1.29, 1.82) is 0 Å². The molecule has 5 nitrogen and oxygen atoms in total. The molecular weight excluding hydrogens is 332 g/mol. The first-order chi connectivity index (χ1) is 12.3. The van der Waals surface area contributed by atoms with Crippen LogP contribution >= 0.6 is 11.3 Å². The lowest BCUT2D eigenvalue weighted by Crippen LogP contribution is -2.50. The van der Waals surface area contributed by atoms with Gasteiger partial charge in [-0.3, -0.25) is 14.6 Å². The van der Waals surface area contributed by atoms with Crippen LogP contribution in [0.1, 0.15) is 24.3 Å². The second kappa shape index (κ2) is 7.81. The van der Waals surface area contributed by atoms with E-state index in [1.165, 1.54) is 29.0 Å². The number of piperidine rings is 1. The van der Waals surface area contributed by atoms with Gasteiger partial charge in [-0.25, -0.2) is 4.98 Å². The van der Waals surface area contributed by atoms with Crippen LogP contribution in [-0.4, -0.2) is 71.4 Å². The predicted molar refractivity (Wildman–Crippen MR) is 102 cm³/mol. The number of amides is 1. The fourth-order valence-corrected chi connectivity index (χ4v) is 4.73. The first-order valence-electron chi connectivity index (χ1n) is 9.35. The maximum absolute atomic E-state index is 12.4.